The maximum absolute atomic E-state index is 14.6. The Balaban J connectivity index is 1.88. The normalized spacial score (nSPS) is 20.9. The molecule has 2 N–H and O–H groups in total. The van der Waals surface area contributed by atoms with Crippen molar-refractivity contribution in [3.05, 3.63) is 52.9 Å². The number of nitrogens with two attached hydrogens (primary N) is 1. The molecular formula is C20H18F6N4O3. The van der Waals surface area contributed by atoms with Gasteiger partial charge in [-0.1, -0.05) is 0 Å². The Morgan fingerprint density at radius 2 is 2.06 bits per heavy atom. The van der Waals surface area contributed by atoms with Crippen molar-refractivity contribution >= 4 is 11.8 Å². The molecule has 3 rings (SSSR count). The van der Waals surface area contributed by atoms with Gasteiger partial charge in [0.1, 0.15) is 28.5 Å². The van der Waals surface area contributed by atoms with Gasteiger partial charge in [0.2, 0.25) is 0 Å². The van der Waals surface area contributed by atoms with Gasteiger partial charge in [-0.25, -0.2) is 14.4 Å². The smallest absolute Gasteiger partial charge is 0.425 e. The largest absolute Gasteiger partial charge is 0.452 e. The number of aliphatic imine (C=N–C) groups is 1. The summed E-state index contributed by atoms with van der Waals surface area (Å²) in [5, 5.41) is 0. The lowest BCUT2D eigenvalue weighted by Crippen LogP contribution is -2.46. The van der Waals surface area contributed by atoms with Crippen LogP contribution in [0.15, 0.2) is 29.4 Å². The fourth-order valence-corrected chi connectivity index (χ4v) is 3.41. The van der Waals surface area contributed by atoms with Crippen molar-refractivity contribution in [1.82, 2.24) is 9.97 Å². The monoisotopic (exact) mass is 476 g/mol. The van der Waals surface area contributed by atoms with Crippen LogP contribution in [0.25, 0.3) is 0 Å². The van der Waals surface area contributed by atoms with E-state index < -0.39 is 54.2 Å². The lowest BCUT2D eigenvalue weighted by Gasteiger charge is -2.35. The zero-order chi connectivity index (χ0) is 24.6. The zero-order valence-electron chi connectivity index (χ0n) is 17.3. The summed E-state index contributed by atoms with van der Waals surface area (Å²) >= 11 is 0. The predicted octanol–water partition coefficient (Wildman–Crippen LogP) is 3.83. The van der Waals surface area contributed by atoms with E-state index in [4.69, 9.17) is 5.73 Å². The Morgan fingerprint density at radius 1 is 1.36 bits per heavy atom. The number of Topliss-reactive ketones (excluding diaryl/α,β-unsaturated/α-hetero) is 1. The number of nitrogens with zero attached hydrogens (tertiary/aromatic N) is 3. The molecule has 0 aliphatic carbocycles. The lowest BCUT2D eigenvalue weighted by atomic mass is 9.89. The van der Waals surface area contributed by atoms with Crippen LogP contribution in [-0.2, 0) is 16.7 Å². The van der Waals surface area contributed by atoms with Gasteiger partial charge in [-0.05, 0) is 37.6 Å². The van der Waals surface area contributed by atoms with Gasteiger partial charge in [-0.15, -0.1) is 0 Å². The highest BCUT2D eigenvalue weighted by Gasteiger charge is 2.50. The standard InChI is InChI=1S/C20H18F6N4O3/c1-9-5-11(32-17(22)23)8-28-15(9)13(31)6-10-3-4-12(21)16(29-10)19(2)7-14(20(24,25)26)33-18(27)30-19/h3-5,8,14,17H,6-7H2,1-2H3,(H2,27,30)/t14-,19-/m0/s1. The number of rotatable bonds is 6. The van der Waals surface area contributed by atoms with Crippen LogP contribution in [-0.4, -0.2) is 40.7 Å². The van der Waals surface area contributed by atoms with Crippen molar-refractivity contribution in [2.24, 2.45) is 10.7 Å². The average Bonchev–Trinajstić information content (AvgIpc) is 2.67. The summed E-state index contributed by atoms with van der Waals surface area (Å²) in [6, 6.07) is 2.59. The van der Waals surface area contributed by atoms with Gasteiger partial charge >= 0.3 is 12.8 Å². The topological polar surface area (TPSA) is 99.7 Å². The Kier molecular flexibility index (Phi) is 6.52. The van der Waals surface area contributed by atoms with Crippen LogP contribution >= 0.6 is 0 Å². The Hall–Kier alpha value is -3.38. The van der Waals surface area contributed by atoms with Crippen LogP contribution in [0.3, 0.4) is 0 Å². The third-order valence-electron chi connectivity index (χ3n) is 4.87. The molecule has 0 bridgehead atoms. The van der Waals surface area contributed by atoms with Gasteiger partial charge in [-0.2, -0.15) is 22.0 Å². The van der Waals surface area contributed by atoms with E-state index >= 15 is 0 Å². The SMILES string of the molecule is Cc1cc(OC(F)F)cnc1C(=O)Cc1ccc(F)c([C@]2(C)C[C@@H](C(F)(F)F)OC(N)=N2)n1. The van der Waals surface area contributed by atoms with Crippen LogP contribution < -0.4 is 10.5 Å². The molecule has 0 saturated carbocycles. The van der Waals surface area contributed by atoms with E-state index in [2.05, 4.69) is 24.4 Å². The first-order valence-electron chi connectivity index (χ1n) is 9.48. The van der Waals surface area contributed by atoms with Crippen LogP contribution in [0.1, 0.15) is 40.8 Å². The molecule has 2 aromatic rings. The third kappa shape index (κ3) is 5.52. The minimum absolute atomic E-state index is 0.0375. The summed E-state index contributed by atoms with van der Waals surface area (Å²) in [6.45, 7) is -0.374. The van der Waals surface area contributed by atoms with Crippen molar-refractivity contribution in [1.29, 1.82) is 0 Å². The molecule has 0 spiro atoms. The summed E-state index contributed by atoms with van der Waals surface area (Å²) < 4.78 is 87.6. The number of hydrogen-bond donors (Lipinski definition) is 1. The molecule has 0 aromatic carbocycles. The Morgan fingerprint density at radius 3 is 2.67 bits per heavy atom. The summed E-state index contributed by atoms with van der Waals surface area (Å²) in [6.07, 6.45) is -7.29. The number of carbonyl (C=O) groups excluding carboxylic acids is 1. The molecule has 0 amide bonds. The summed E-state index contributed by atoms with van der Waals surface area (Å²) in [5.41, 5.74) is 3.40. The summed E-state index contributed by atoms with van der Waals surface area (Å²) in [5.74, 6) is -1.74. The number of hydrogen-bond acceptors (Lipinski definition) is 7. The van der Waals surface area contributed by atoms with Gasteiger partial charge in [0, 0.05) is 12.1 Å². The molecule has 2 aromatic heterocycles. The quantitative estimate of drug-likeness (QED) is 0.503. The van der Waals surface area contributed by atoms with E-state index in [0.717, 1.165) is 12.3 Å². The van der Waals surface area contributed by atoms with Crippen molar-refractivity contribution in [2.45, 2.75) is 51.1 Å². The first-order chi connectivity index (χ1) is 15.3. The number of carbonyl (C=O) groups is 1. The van der Waals surface area contributed by atoms with E-state index in [1.54, 1.807) is 0 Å². The van der Waals surface area contributed by atoms with Crippen LogP contribution in [0.4, 0.5) is 26.3 Å². The van der Waals surface area contributed by atoms with Crippen LogP contribution in [0.5, 0.6) is 5.75 Å². The molecule has 33 heavy (non-hydrogen) atoms. The first kappa shape index (κ1) is 24.3. The van der Waals surface area contributed by atoms with Crippen molar-refractivity contribution in [3.8, 4) is 5.75 Å². The number of ketones is 1. The van der Waals surface area contributed by atoms with E-state index in [1.807, 2.05) is 0 Å². The molecule has 178 valence electrons. The molecule has 0 radical (unpaired) electrons. The van der Waals surface area contributed by atoms with Gasteiger partial charge in [-0.3, -0.25) is 9.78 Å². The highest BCUT2D eigenvalue weighted by Crippen LogP contribution is 2.40. The molecule has 13 heteroatoms. The number of aryl methyl sites for hydroxylation is 1. The molecular weight excluding hydrogens is 458 g/mol. The molecule has 0 saturated heterocycles. The molecule has 0 unspecified atom stereocenters. The molecule has 3 heterocycles. The number of aromatic nitrogens is 2. The Labute approximate surface area is 183 Å². The molecule has 0 fully saturated rings. The summed E-state index contributed by atoms with van der Waals surface area (Å²) in [7, 11) is 0. The number of ether oxygens (including phenoxy) is 2. The minimum atomic E-state index is -4.77. The zero-order valence-corrected chi connectivity index (χ0v) is 17.3. The lowest BCUT2D eigenvalue weighted by molar-refractivity contribution is -0.208. The molecule has 1 aliphatic heterocycles. The predicted molar refractivity (Wildman–Crippen MR) is 102 cm³/mol. The van der Waals surface area contributed by atoms with Crippen molar-refractivity contribution < 1.29 is 40.6 Å². The van der Waals surface area contributed by atoms with Crippen LogP contribution in [0, 0.1) is 12.7 Å². The number of alkyl halides is 5. The van der Waals surface area contributed by atoms with E-state index in [0.29, 0.717) is 0 Å². The van der Waals surface area contributed by atoms with Gasteiger partial charge in [0.25, 0.3) is 6.02 Å². The second-order valence-corrected chi connectivity index (χ2v) is 7.52. The van der Waals surface area contributed by atoms with E-state index in [1.165, 1.54) is 26.0 Å². The maximum atomic E-state index is 14.6. The maximum Gasteiger partial charge on any atom is 0.425 e. The highest BCUT2D eigenvalue weighted by molar-refractivity contribution is 5.96. The Bertz CT molecular complexity index is 1090. The second kappa shape index (κ2) is 8.87. The average molecular weight is 476 g/mol. The van der Waals surface area contributed by atoms with Gasteiger partial charge in [0.15, 0.2) is 11.9 Å². The third-order valence-corrected chi connectivity index (χ3v) is 4.87. The van der Waals surface area contributed by atoms with E-state index in [9.17, 15) is 31.1 Å². The summed E-state index contributed by atoms with van der Waals surface area (Å²) in [4.78, 5) is 24.4. The van der Waals surface area contributed by atoms with Crippen molar-refractivity contribution in [2.75, 3.05) is 0 Å². The van der Waals surface area contributed by atoms with Gasteiger partial charge in [0.05, 0.1) is 12.6 Å². The van der Waals surface area contributed by atoms with Gasteiger partial charge < -0.3 is 15.2 Å². The number of pyridine rings is 2. The molecule has 2 atom stereocenters. The molecule has 1 aliphatic rings. The first-order valence-corrected chi connectivity index (χ1v) is 9.48. The fraction of sp³-hybridized carbons (Fsp3) is 0.400. The highest BCUT2D eigenvalue weighted by atomic mass is 19.4. The van der Waals surface area contributed by atoms with Crippen molar-refractivity contribution in [3.63, 3.8) is 0 Å². The molecule has 7 nitrogen and oxygen atoms in total. The fourth-order valence-electron chi connectivity index (χ4n) is 3.41. The second-order valence-electron chi connectivity index (χ2n) is 7.52. The van der Waals surface area contributed by atoms with Crippen LogP contribution in [0.2, 0.25) is 0 Å². The number of amidine groups is 1. The van der Waals surface area contributed by atoms with E-state index in [-0.39, 0.29) is 29.1 Å². The minimum Gasteiger partial charge on any atom is -0.452 e. The number of halogens is 6.